The molecule has 0 radical (unpaired) electrons. The number of fused-ring (bicyclic) bond motifs is 1. The molecule has 152 valence electrons. The third-order valence-corrected chi connectivity index (χ3v) is 5.22. The number of hydrogen-bond donors (Lipinski definition) is 1. The monoisotopic (exact) mass is 420 g/mol. The molecule has 0 bridgehead atoms. The van der Waals surface area contributed by atoms with E-state index in [1.807, 2.05) is 26.0 Å². The number of benzene rings is 2. The lowest BCUT2D eigenvalue weighted by atomic mass is 10.0. The average Bonchev–Trinajstić information content (AvgIpc) is 3.14. The van der Waals surface area contributed by atoms with E-state index in [0.717, 1.165) is 16.8 Å². The molecule has 0 unspecified atom stereocenters. The molecule has 0 aliphatic heterocycles. The Labute approximate surface area is 178 Å². The molecule has 2 aromatic carbocycles. The highest BCUT2D eigenvalue weighted by molar-refractivity contribution is 6.30. The molecule has 0 atom stereocenters. The number of carbonyl (C=O) groups excluding carboxylic acids is 1. The minimum absolute atomic E-state index is 0.155. The second-order valence-electron chi connectivity index (χ2n) is 7.24. The summed E-state index contributed by atoms with van der Waals surface area (Å²) in [5, 5.41) is 7.87. The summed E-state index contributed by atoms with van der Waals surface area (Å²) in [6.45, 7) is 4.75. The van der Waals surface area contributed by atoms with Gasteiger partial charge < -0.3 is 9.88 Å². The fraction of sp³-hybridized carbons (Fsp3) is 0.174. The fourth-order valence-corrected chi connectivity index (χ4v) is 3.65. The number of aryl methyl sites for hydroxylation is 2. The van der Waals surface area contributed by atoms with Crippen LogP contribution in [0, 0.1) is 13.8 Å². The molecule has 4 aromatic rings. The molecule has 2 heterocycles. The molecular formula is C23H21ClN4O2. The van der Waals surface area contributed by atoms with Crippen molar-refractivity contribution in [3.8, 4) is 11.3 Å². The van der Waals surface area contributed by atoms with Crippen LogP contribution in [0.2, 0.25) is 5.02 Å². The van der Waals surface area contributed by atoms with Crippen LogP contribution in [-0.2, 0) is 6.54 Å². The van der Waals surface area contributed by atoms with Gasteiger partial charge in [-0.25, -0.2) is 4.52 Å². The molecule has 2 aromatic heterocycles. The Kier molecular flexibility index (Phi) is 5.42. The van der Waals surface area contributed by atoms with Crippen molar-refractivity contribution < 1.29 is 4.79 Å². The van der Waals surface area contributed by atoms with Gasteiger partial charge in [0, 0.05) is 41.6 Å². The van der Waals surface area contributed by atoms with E-state index in [2.05, 4.69) is 16.5 Å². The highest BCUT2D eigenvalue weighted by atomic mass is 35.5. The second kappa shape index (κ2) is 8.16. The van der Waals surface area contributed by atoms with Gasteiger partial charge in [0.15, 0.2) is 0 Å². The van der Waals surface area contributed by atoms with Crippen LogP contribution in [0.15, 0.2) is 65.7 Å². The lowest BCUT2D eigenvalue weighted by Gasteiger charge is -2.08. The number of aromatic nitrogens is 3. The summed E-state index contributed by atoms with van der Waals surface area (Å²) in [5.41, 5.74) is 4.89. The topological polar surface area (TPSA) is 68.4 Å². The summed E-state index contributed by atoms with van der Waals surface area (Å²) in [7, 11) is 0. The van der Waals surface area contributed by atoms with Gasteiger partial charge in [-0.05, 0) is 43.7 Å². The number of rotatable bonds is 5. The Morgan fingerprint density at radius 1 is 1.10 bits per heavy atom. The van der Waals surface area contributed by atoms with Crippen LogP contribution in [-0.4, -0.2) is 26.6 Å². The standard InChI is InChI=1S/C23H21ClN4O2/c1-15-6-7-19(16(2)12-15)20-14-21-23(30)27(10-11-28(21)26-20)9-8-25-22(29)17-4-3-5-18(24)13-17/h3-7,10-14H,8-9H2,1-2H3,(H,25,29). The van der Waals surface area contributed by atoms with Crippen molar-refractivity contribution in [3.63, 3.8) is 0 Å². The maximum atomic E-state index is 12.9. The van der Waals surface area contributed by atoms with E-state index < -0.39 is 0 Å². The Bertz CT molecular complexity index is 1310. The SMILES string of the molecule is Cc1ccc(-c2cc3c(=O)n(CCNC(=O)c4cccc(Cl)c4)ccn3n2)c(C)c1. The van der Waals surface area contributed by atoms with Crippen molar-refractivity contribution in [2.45, 2.75) is 20.4 Å². The predicted octanol–water partition coefficient (Wildman–Crippen LogP) is 3.86. The van der Waals surface area contributed by atoms with Gasteiger partial charge in [-0.2, -0.15) is 5.10 Å². The third-order valence-electron chi connectivity index (χ3n) is 4.99. The van der Waals surface area contributed by atoms with Gasteiger partial charge in [-0.1, -0.05) is 41.4 Å². The number of nitrogens with one attached hydrogen (secondary N) is 1. The molecule has 0 saturated carbocycles. The number of hydrogen-bond acceptors (Lipinski definition) is 3. The van der Waals surface area contributed by atoms with E-state index in [9.17, 15) is 9.59 Å². The molecule has 7 heteroatoms. The summed E-state index contributed by atoms with van der Waals surface area (Å²) >= 11 is 5.93. The van der Waals surface area contributed by atoms with E-state index in [1.54, 1.807) is 51.8 Å². The van der Waals surface area contributed by atoms with E-state index in [1.165, 1.54) is 5.56 Å². The van der Waals surface area contributed by atoms with E-state index in [-0.39, 0.29) is 11.5 Å². The van der Waals surface area contributed by atoms with Crippen molar-refractivity contribution in [2.24, 2.45) is 0 Å². The zero-order valence-corrected chi connectivity index (χ0v) is 17.5. The first-order valence-electron chi connectivity index (χ1n) is 9.62. The Morgan fingerprint density at radius 3 is 2.70 bits per heavy atom. The van der Waals surface area contributed by atoms with Gasteiger partial charge in [0.25, 0.3) is 11.5 Å². The van der Waals surface area contributed by atoms with Crippen LogP contribution >= 0.6 is 11.6 Å². The number of nitrogens with zero attached hydrogens (tertiary/aromatic N) is 3. The summed E-state index contributed by atoms with van der Waals surface area (Å²) in [6, 6.07) is 14.7. The zero-order chi connectivity index (χ0) is 21.3. The summed E-state index contributed by atoms with van der Waals surface area (Å²) in [6.07, 6.45) is 3.43. The van der Waals surface area contributed by atoms with Crippen molar-refractivity contribution in [2.75, 3.05) is 6.54 Å². The Balaban J connectivity index is 1.52. The molecule has 0 aliphatic rings. The zero-order valence-electron chi connectivity index (χ0n) is 16.7. The van der Waals surface area contributed by atoms with Crippen molar-refractivity contribution in [1.29, 1.82) is 0 Å². The minimum Gasteiger partial charge on any atom is -0.350 e. The maximum Gasteiger partial charge on any atom is 0.276 e. The minimum atomic E-state index is -0.229. The molecular weight excluding hydrogens is 400 g/mol. The molecule has 0 spiro atoms. The highest BCUT2D eigenvalue weighted by Crippen LogP contribution is 2.23. The van der Waals surface area contributed by atoms with Gasteiger partial charge in [-0.15, -0.1) is 0 Å². The number of halogens is 1. The fourth-order valence-electron chi connectivity index (χ4n) is 3.46. The van der Waals surface area contributed by atoms with Crippen molar-refractivity contribution in [1.82, 2.24) is 19.5 Å². The van der Waals surface area contributed by atoms with Gasteiger partial charge in [-0.3, -0.25) is 9.59 Å². The maximum absolute atomic E-state index is 12.9. The summed E-state index contributed by atoms with van der Waals surface area (Å²) < 4.78 is 3.17. The second-order valence-corrected chi connectivity index (χ2v) is 7.68. The van der Waals surface area contributed by atoms with Crippen LogP contribution < -0.4 is 10.9 Å². The molecule has 4 rings (SSSR count). The molecule has 0 saturated heterocycles. The van der Waals surface area contributed by atoms with E-state index in [4.69, 9.17) is 11.6 Å². The largest absolute Gasteiger partial charge is 0.350 e. The van der Waals surface area contributed by atoms with Crippen LogP contribution in [0.3, 0.4) is 0 Å². The van der Waals surface area contributed by atoms with Crippen LogP contribution in [0.25, 0.3) is 16.8 Å². The van der Waals surface area contributed by atoms with Gasteiger partial charge in [0.1, 0.15) is 5.52 Å². The Hall–Kier alpha value is -3.38. The molecule has 0 fully saturated rings. The molecule has 6 nitrogen and oxygen atoms in total. The first-order chi connectivity index (χ1) is 14.4. The summed E-state index contributed by atoms with van der Waals surface area (Å²) in [5.74, 6) is -0.229. The first-order valence-corrected chi connectivity index (χ1v) is 10.0. The molecule has 1 amide bonds. The average molecular weight is 421 g/mol. The molecule has 1 N–H and O–H groups in total. The third kappa shape index (κ3) is 4.00. The predicted molar refractivity (Wildman–Crippen MR) is 118 cm³/mol. The normalized spacial score (nSPS) is 11.0. The molecule has 0 aliphatic carbocycles. The molecule has 30 heavy (non-hydrogen) atoms. The van der Waals surface area contributed by atoms with Crippen molar-refractivity contribution in [3.05, 3.63) is 93.0 Å². The number of carbonyl (C=O) groups is 1. The lowest BCUT2D eigenvalue weighted by molar-refractivity contribution is 0.0952. The van der Waals surface area contributed by atoms with Crippen LogP contribution in [0.4, 0.5) is 0 Å². The van der Waals surface area contributed by atoms with Crippen LogP contribution in [0.5, 0.6) is 0 Å². The van der Waals surface area contributed by atoms with Gasteiger partial charge in [0.05, 0.1) is 5.69 Å². The van der Waals surface area contributed by atoms with E-state index >= 15 is 0 Å². The van der Waals surface area contributed by atoms with E-state index in [0.29, 0.717) is 29.2 Å². The van der Waals surface area contributed by atoms with Gasteiger partial charge >= 0.3 is 0 Å². The van der Waals surface area contributed by atoms with Crippen LogP contribution in [0.1, 0.15) is 21.5 Å². The number of amides is 1. The Morgan fingerprint density at radius 2 is 1.93 bits per heavy atom. The highest BCUT2D eigenvalue weighted by Gasteiger charge is 2.11. The first kappa shape index (κ1) is 19.9. The lowest BCUT2D eigenvalue weighted by Crippen LogP contribution is -2.31. The summed E-state index contributed by atoms with van der Waals surface area (Å²) in [4.78, 5) is 25.1. The van der Waals surface area contributed by atoms with Crippen molar-refractivity contribution >= 4 is 23.0 Å². The quantitative estimate of drug-likeness (QED) is 0.533. The van der Waals surface area contributed by atoms with Gasteiger partial charge in [0.2, 0.25) is 0 Å². The smallest absolute Gasteiger partial charge is 0.276 e.